The van der Waals surface area contributed by atoms with E-state index in [0.29, 0.717) is 37.8 Å². The molecule has 1 aromatic heterocycles. The van der Waals surface area contributed by atoms with Gasteiger partial charge in [0.25, 0.3) is 5.91 Å². The van der Waals surface area contributed by atoms with Gasteiger partial charge in [-0.1, -0.05) is 0 Å². The summed E-state index contributed by atoms with van der Waals surface area (Å²) >= 11 is 0. The van der Waals surface area contributed by atoms with Gasteiger partial charge in [-0.15, -0.1) is 0 Å². The Bertz CT molecular complexity index is 584. The minimum absolute atomic E-state index is 0.0687. The highest BCUT2D eigenvalue weighted by atomic mass is 16.5. The van der Waals surface area contributed by atoms with Crippen molar-refractivity contribution in [3.8, 4) is 0 Å². The lowest BCUT2D eigenvalue weighted by atomic mass is 9.99. The van der Waals surface area contributed by atoms with Gasteiger partial charge in [-0.3, -0.25) is 4.79 Å². The van der Waals surface area contributed by atoms with Crippen LogP contribution in [-0.4, -0.2) is 61.2 Å². The van der Waals surface area contributed by atoms with Crippen LogP contribution in [0, 0.1) is 11.8 Å². The fraction of sp³-hybridized carbons (Fsp3) is 0.647. The molecule has 0 radical (unpaired) electrons. The van der Waals surface area contributed by atoms with E-state index >= 15 is 0 Å². The Balaban J connectivity index is 1.48. The molecule has 0 aromatic carbocycles. The number of nitrogens with two attached hydrogens (primary N) is 1. The van der Waals surface area contributed by atoms with Crippen molar-refractivity contribution < 1.29 is 9.53 Å². The smallest absolute Gasteiger partial charge is 0.254 e. The Kier molecular flexibility index (Phi) is 3.95. The molecule has 1 aliphatic carbocycles. The minimum atomic E-state index is 0.0687. The standard InChI is InChI=1S/C17H24N4O2/c18-15-11-21(10-14(15)12-1-2-12)16-9-13(3-4-19-16)17(22)20-5-7-23-8-6-20/h3-4,9,12,14-15H,1-2,5-8,10-11,18H2/t14-,15+/m1/s1. The number of carbonyl (C=O) groups is 1. The van der Waals surface area contributed by atoms with Crippen LogP contribution in [0.4, 0.5) is 5.82 Å². The molecule has 23 heavy (non-hydrogen) atoms. The van der Waals surface area contributed by atoms with Crippen LogP contribution in [0.5, 0.6) is 0 Å². The maximum Gasteiger partial charge on any atom is 0.254 e. The van der Waals surface area contributed by atoms with E-state index in [-0.39, 0.29) is 11.9 Å². The molecule has 124 valence electrons. The molecule has 2 atom stereocenters. The number of pyridine rings is 1. The summed E-state index contributed by atoms with van der Waals surface area (Å²) in [5, 5.41) is 0. The number of morpholine rings is 1. The van der Waals surface area contributed by atoms with Crippen molar-refractivity contribution in [3.63, 3.8) is 0 Å². The summed E-state index contributed by atoms with van der Waals surface area (Å²) in [6.07, 6.45) is 4.36. The molecular formula is C17H24N4O2. The fourth-order valence-electron chi connectivity index (χ4n) is 3.74. The molecule has 1 amide bonds. The average molecular weight is 316 g/mol. The van der Waals surface area contributed by atoms with E-state index in [1.807, 2.05) is 11.0 Å². The lowest BCUT2D eigenvalue weighted by Crippen LogP contribution is -2.40. The first-order valence-corrected chi connectivity index (χ1v) is 8.56. The third-order valence-corrected chi connectivity index (χ3v) is 5.25. The molecule has 0 spiro atoms. The Morgan fingerprint density at radius 3 is 2.78 bits per heavy atom. The van der Waals surface area contributed by atoms with Gasteiger partial charge in [0.1, 0.15) is 5.82 Å². The van der Waals surface area contributed by atoms with Gasteiger partial charge in [0, 0.05) is 44.0 Å². The fourth-order valence-corrected chi connectivity index (χ4v) is 3.74. The number of anilines is 1. The normalized spacial score (nSPS) is 28.2. The van der Waals surface area contributed by atoms with Gasteiger partial charge < -0.3 is 20.3 Å². The van der Waals surface area contributed by atoms with Gasteiger partial charge in [0.2, 0.25) is 0 Å². The number of rotatable bonds is 3. The van der Waals surface area contributed by atoms with Crippen molar-refractivity contribution in [2.45, 2.75) is 18.9 Å². The zero-order chi connectivity index (χ0) is 15.8. The van der Waals surface area contributed by atoms with Gasteiger partial charge in [-0.25, -0.2) is 4.98 Å². The highest BCUT2D eigenvalue weighted by Crippen LogP contribution is 2.41. The molecule has 4 rings (SSSR count). The Morgan fingerprint density at radius 2 is 2.04 bits per heavy atom. The number of amides is 1. The largest absolute Gasteiger partial charge is 0.378 e. The first-order valence-electron chi connectivity index (χ1n) is 8.56. The van der Waals surface area contributed by atoms with Crippen molar-refractivity contribution in [2.24, 2.45) is 17.6 Å². The topological polar surface area (TPSA) is 71.7 Å². The molecule has 3 heterocycles. The van der Waals surface area contributed by atoms with E-state index < -0.39 is 0 Å². The quantitative estimate of drug-likeness (QED) is 0.890. The summed E-state index contributed by atoms with van der Waals surface area (Å²) in [5.41, 5.74) is 7.01. The summed E-state index contributed by atoms with van der Waals surface area (Å²) in [6, 6.07) is 3.94. The number of ether oxygens (including phenoxy) is 1. The molecule has 0 unspecified atom stereocenters. The van der Waals surface area contributed by atoms with Crippen LogP contribution in [0.25, 0.3) is 0 Å². The average Bonchev–Trinajstić information content (AvgIpc) is 3.37. The molecule has 1 saturated carbocycles. The lowest BCUT2D eigenvalue weighted by Gasteiger charge is -2.27. The van der Waals surface area contributed by atoms with Gasteiger partial charge >= 0.3 is 0 Å². The van der Waals surface area contributed by atoms with Crippen molar-refractivity contribution in [1.29, 1.82) is 0 Å². The lowest BCUT2D eigenvalue weighted by molar-refractivity contribution is 0.0303. The van der Waals surface area contributed by atoms with Crippen LogP contribution in [0.1, 0.15) is 23.2 Å². The predicted molar refractivity (Wildman–Crippen MR) is 87.4 cm³/mol. The second-order valence-corrected chi connectivity index (χ2v) is 6.88. The minimum Gasteiger partial charge on any atom is -0.378 e. The molecular weight excluding hydrogens is 292 g/mol. The maximum absolute atomic E-state index is 12.6. The number of nitrogens with zero attached hydrogens (tertiary/aromatic N) is 3. The molecule has 2 N–H and O–H groups in total. The van der Waals surface area contributed by atoms with E-state index in [2.05, 4.69) is 9.88 Å². The van der Waals surface area contributed by atoms with Crippen LogP contribution >= 0.6 is 0 Å². The van der Waals surface area contributed by atoms with Crippen molar-refractivity contribution >= 4 is 11.7 Å². The van der Waals surface area contributed by atoms with Gasteiger partial charge in [-0.05, 0) is 36.8 Å². The molecule has 2 aliphatic heterocycles. The number of hydrogen-bond acceptors (Lipinski definition) is 5. The van der Waals surface area contributed by atoms with Gasteiger partial charge in [0.15, 0.2) is 0 Å². The zero-order valence-corrected chi connectivity index (χ0v) is 13.4. The number of aromatic nitrogens is 1. The summed E-state index contributed by atoms with van der Waals surface area (Å²) < 4.78 is 5.31. The first-order chi connectivity index (χ1) is 11.2. The molecule has 2 saturated heterocycles. The molecule has 6 heteroatoms. The number of carbonyl (C=O) groups excluding carboxylic acids is 1. The monoisotopic (exact) mass is 316 g/mol. The van der Waals surface area contributed by atoms with Crippen LogP contribution in [0.2, 0.25) is 0 Å². The van der Waals surface area contributed by atoms with Crippen molar-refractivity contribution in [1.82, 2.24) is 9.88 Å². The van der Waals surface area contributed by atoms with E-state index in [9.17, 15) is 4.79 Å². The zero-order valence-electron chi connectivity index (χ0n) is 13.4. The highest BCUT2D eigenvalue weighted by molar-refractivity contribution is 5.95. The SMILES string of the molecule is N[C@H]1CN(c2cc(C(=O)N3CCOCC3)ccn2)C[C@@H]1C1CC1. The van der Waals surface area contributed by atoms with Gasteiger partial charge in [-0.2, -0.15) is 0 Å². The van der Waals surface area contributed by atoms with Crippen molar-refractivity contribution in [2.75, 3.05) is 44.3 Å². The summed E-state index contributed by atoms with van der Waals surface area (Å²) in [7, 11) is 0. The third kappa shape index (κ3) is 3.05. The van der Waals surface area contributed by atoms with Crippen LogP contribution in [0.15, 0.2) is 18.3 Å². The van der Waals surface area contributed by atoms with E-state index in [1.165, 1.54) is 12.8 Å². The predicted octanol–water partition coefficient (Wildman–Crippen LogP) is 0.728. The van der Waals surface area contributed by atoms with Crippen LogP contribution in [-0.2, 0) is 4.74 Å². The van der Waals surface area contributed by atoms with E-state index in [1.54, 1.807) is 12.3 Å². The second-order valence-electron chi connectivity index (χ2n) is 6.88. The molecule has 3 aliphatic rings. The first kappa shape index (κ1) is 14.9. The van der Waals surface area contributed by atoms with Crippen molar-refractivity contribution in [3.05, 3.63) is 23.9 Å². The van der Waals surface area contributed by atoms with Gasteiger partial charge in [0.05, 0.1) is 13.2 Å². The van der Waals surface area contributed by atoms with Crippen LogP contribution < -0.4 is 10.6 Å². The highest BCUT2D eigenvalue weighted by Gasteiger charge is 2.41. The van der Waals surface area contributed by atoms with Crippen LogP contribution in [0.3, 0.4) is 0 Å². The maximum atomic E-state index is 12.6. The van der Waals surface area contributed by atoms with E-state index in [0.717, 1.165) is 24.8 Å². The summed E-state index contributed by atoms with van der Waals surface area (Å²) in [5.74, 6) is 2.32. The summed E-state index contributed by atoms with van der Waals surface area (Å²) in [6.45, 7) is 4.36. The third-order valence-electron chi connectivity index (χ3n) is 5.25. The Morgan fingerprint density at radius 1 is 1.26 bits per heavy atom. The molecule has 1 aromatic rings. The Labute approximate surface area is 136 Å². The molecule has 6 nitrogen and oxygen atoms in total. The number of hydrogen-bond donors (Lipinski definition) is 1. The van der Waals surface area contributed by atoms with E-state index in [4.69, 9.17) is 10.5 Å². The summed E-state index contributed by atoms with van der Waals surface area (Å²) in [4.78, 5) is 21.2. The molecule has 3 fully saturated rings. The second kappa shape index (κ2) is 6.09. The Hall–Kier alpha value is -1.66. The molecule has 0 bridgehead atoms.